The molecule has 0 radical (unpaired) electrons. The van der Waals surface area contributed by atoms with Gasteiger partial charge in [-0.1, -0.05) is 25.4 Å². The molecule has 112 valence electrons. The highest BCUT2D eigenvalue weighted by Crippen LogP contribution is 2.14. The van der Waals surface area contributed by atoms with Gasteiger partial charge in [0.15, 0.2) is 0 Å². The van der Waals surface area contributed by atoms with Crippen LogP contribution < -0.4 is 5.32 Å². The summed E-state index contributed by atoms with van der Waals surface area (Å²) in [4.78, 5) is 11.7. The van der Waals surface area contributed by atoms with E-state index in [1.807, 2.05) is 13.8 Å². The van der Waals surface area contributed by atoms with Crippen molar-refractivity contribution in [3.05, 3.63) is 34.6 Å². The normalized spacial score (nSPS) is 12.5. The molecule has 1 atom stereocenters. The van der Waals surface area contributed by atoms with Crippen LogP contribution >= 0.6 is 11.6 Å². The highest BCUT2D eigenvalue weighted by atomic mass is 35.5. The molecule has 0 spiro atoms. The molecule has 0 heterocycles. The Labute approximate surface area is 122 Å². The van der Waals surface area contributed by atoms with Crippen LogP contribution in [0.5, 0.6) is 0 Å². The molecule has 0 saturated carbocycles. The summed E-state index contributed by atoms with van der Waals surface area (Å²) in [7, 11) is 0. The quantitative estimate of drug-likeness (QED) is 0.812. The predicted octanol–water partition coefficient (Wildman–Crippen LogP) is 2.24. The Balaban J connectivity index is 2.41. The average molecular weight is 304 g/mol. The Morgan fingerprint density at radius 1 is 1.45 bits per heavy atom. The number of benzene rings is 1. The van der Waals surface area contributed by atoms with Crippen molar-refractivity contribution >= 4 is 17.5 Å². The van der Waals surface area contributed by atoms with Crippen LogP contribution in [0.1, 0.15) is 24.2 Å². The lowest BCUT2D eigenvalue weighted by Gasteiger charge is -2.13. The number of amides is 1. The standard InChI is InChI=1S/C14H19ClFNO3/c1-9(2)7-20-8-11(18)6-17-14(19)12-5-10(15)3-4-13(12)16/h3-5,9,11,18H,6-8H2,1-2H3,(H,17,19). The van der Waals surface area contributed by atoms with Crippen LogP contribution in [0.3, 0.4) is 0 Å². The second kappa shape index (κ2) is 8.19. The Hall–Kier alpha value is -1.17. The number of aliphatic hydroxyl groups excluding tert-OH is 1. The molecule has 1 aromatic rings. The molecule has 1 rings (SSSR count). The summed E-state index contributed by atoms with van der Waals surface area (Å²) in [5, 5.41) is 12.3. The molecule has 1 aromatic carbocycles. The van der Waals surface area contributed by atoms with Gasteiger partial charge in [0.25, 0.3) is 5.91 Å². The highest BCUT2D eigenvalue weighted by Gasteiger charge is 2.14. The number of hydrogen-bond acceptors (Lipinski definition) is 3. The molecule has 0 bridgehead atoms. The molecule has 0 aliphatic carbocycles. The predicted molar refractivity (Wildman–Crippen MR) is 75.4 cm³/mol. The third kappa shape index (κ3) is 5.86. The highest BCUT2D eigenvalue weighted by molar-refractivity contribution is 6.30. The number of rotatable bonds is 7. The van der Waals surface area contributed by atoms with E-state index in [9.17, 15) is 14.3 Å². The average Bonchev–Trinajstić information content (AvgIpc) is 2.38. The fourth-order valence-corrected chi connectivity index (χ4v) is 1.65. The van der Waals surface area contributed by atoms with Gasteiger partial charge in [-0.05, 0) is 24.1 Å². The maximum Gasteiger partial charge on any atom is 0.254 e. The smallest absolute Gasteiger partial charge is 0.254 e. The number of hydrogen-bond donors (Lipinski definition) is 2. The van der Waals surface area contributed by atoms with Crippen molar-refractivity contribution in [2.45, 2.75) is 20.0 Å². The largest absolute Gasteiger partial charge is 0.389 e. The van der Waals surface area contributed by atoms with E-state index in [1.54, 1.807) is 0 Å². The molecule has 20 heavy (non-hydrogen) atoms. The molecule has 0 saturated heterocycles. The molecule has 0 aromatic heterocycles. The third-order valence-corrected chi connectivity index (χ3v) is 2.67. The summed E-state index contributed by atoms with van der Waals surface area (Å²) in [6.07, 6.45) is -0.833. The number of ether oxygens (including phenoxy) is 1. The van der Waals surface area contributed by atoms with Gasteiger partial charge in [0.2, 0.25) is 0 Å². The molecule has 1 amide bonds. The van der Waals surface area contributed by atoms with Crippen molar-refractivity contribution < 1.29 is 19.0 Å². The molecule has 0 fully saturated rings. The minimum absolute atomic E-state index is 0.0110. The summed E-state index contributed by atoms with van der Waals surface area (Å²) in [5.74, 6) is -0.900. The first-order chi connectivity index (χ1) is 9.40. The summed E-state index contributed by atoms with van der Waals surface area (Å²) in [6.45, 7) is 4.64. The van der Waals surface area contributed by atoms with Gasteiger partial charge >= 0.3 is 0 Å². The monoisotopic (exact) mass is 303 g/mol. The van der Waals surface area contributed by atoms with Crippen LogP contribution in [-0.4, -0.2) is 36.9 Å². The second-order valence-corrected chi connectivity index (χ2v) is 5.36. The number of aliphatic hydroxyl groups is 1. The van der Waals surface area contributed by atoms with Crippen LogP contribution in [0, 0.1) is 11.7 Å². The van der Waals surface area contributed by atoms with E-state index >= 15 is 0 Å². The van der Waals surface area contributed by atoms with E-state index < -0.39 is 17.8 Å². The Morgan fingerprint density at radius 3 is 2.80 bits per heavy atom. The molecule has 0 aliphatic heterocycles. The van der Waals surface area contributed by atoms with E-state index in [1.165, 1.54) is 12.1 Å². The molecule has 2 N–H and O–H groups in total. The first-order valence-corrected chi connectivity index (χ1v) is 6.77. The van der Waals surface area contributed by atoms with E-state index in [4.69, 9.17) is 16.3 Å². The lowest BCUT2D eigenvalue weighted by atomic mass is 10.2. The summed E-state index contributed by atoms with van der Waals surface area (Å²) < 4.78 is 18.7. The van der Waals surface area contributed by atoms with Gasteiger partial charge < -0.3 is 15.2 Å². The zero-order valence-corrected chi connectivity index (χ0v) is 12.3. The first-order valence-electron chi connectivity index (χ1n) is 6.39. The fraction of sp³-hybridized carbons (Fsp3) is 0.500. The fourth-order valence-electron chi connectivity index (χ4n) is 1.48. The molecule has 0 aliphatic rings. The van der Waals surface area contributed by atoms with Gasteiger partial charge in [-0.2, -0.15) is 0 Å². The van der Waals surface area contributed by atoms with Gasteiger partial charge in [-0.25, -0.2) is 4.39 Å². The van der Waals surface area contributed by atoms with E-state index in [0.29, 0.717) is 12.5 Å². The number of halogens is 2. The minimum Gasteiger partial charge on any atom is -0.389 e. The zero-order chi connectivity index (χ0) is 15.1. The van der Waals surface area contributed by atoms with E-state index in [-0.39, 0.29) is 23.7 Å². The Kier molecular flexibility index (Phi) is 6.91. The topological polar surface area (TPSA) is 58.6 Å². The van der Waals surface area contributed by atoms with E-state index in [0.717, 1.165) is 6.07 Å². The molecule has 6 heteroatoms. The molecule has 1 unspecified atom stereocenters. The van der Waals surface area contributed by atoms with Crippen LogP contribution in [0.2, 0.25) is 5.02 Å². The van der Waals surface area contributed by atoms with Gasteiger partial charge in [0.1, 0.15) is 5.82 Å². The lowest BCUT2D eigenvalue weighted by molar-refractivity contribution is 0.0259. The van der Waals surface area contributed by atoms with Gasteiger partial charge in [-0.15, -0.1) is 0 Å². The zero-order valence-electron chi connectivity index (χ0n) is 11.5. The number of carbonyl (C=O) groups excluding carboxylic acids is 1. The summed E-state index contributed by atoms with van der Waals surface area (Å²) >= 11 is 5.71. The van der Waals surface area contributed by atoms with Gasteiger partial charge in [0, 0.05) is 18.2 Å². The van der Waals surface area contributed by atoms with Crippen molar-refractivity contribution in [1.82, 2.24) is 5.32 Å². The van der Waals surface area contributed by atoms with Gasteiger partial charge in [0.05, 0.1) is 18.3 Å². The summed E-state index contributed by atoms with van der Waals surface area (Å²) in [5.41, 5.74) is -0.146. The van der Waals surface area contributed by atoms with Gasteiger partial charge in [-0.3, -0.25) is 4.79 Å². The SMILES string of the molecule is CC(C)COCC(O)CNC(=O)c1cc(Cl)ccc1F. The Morgan fingerprint density at radius 2 is 2.15 bits per heavy atom. The van der Waals surface area contributed by atoms with Crippen LogP contribution in [0.15, 0.2) is 18.2 Å². The van der Waals surface area contributed by atoms with Crippen LogP contribution in [-0.2, 0) is 4.74 Å². The minimum atomic E-state index is -0.833. The maximum atomic E-state index is 13.4. The third-order valence-electron chi connectivity index (χ3n) is 2.43. The summed E-state index contributed by atoms with van der Waals surface area (Å²) in [6, 6.07) is 3.73. The second-order valence-electron chi connectivity index (χ2n) is 4.92. The Bertz CT molecular complexity index is 454. The molecule has 4 nitrogen and oxygen atoms in total. The van der Waals surface area contributed by atoms with Crippen LogP contribution in [0.25, 0.3) is 0 Å². The number of carbonyl (C=O) groups is 1. The number of nitrogens with one attached hydrogen (secondary N) is 1. The van der Waals surface area contributed by atoms with Crippen molar-refractivity contribution in [2.24, 2.45) is 5.92 Å². The lowest BCUT2D eigenvalue weighted by Crippen LogP contribution is -2.35. The molecular formula is C14H19ClFNO3. The maximum absolute atomic E-state index is 13.4. The van der Waals surface area contributed by atoms with Crippen molar-refractivity contribution in [1.29, 1.82) is 0 Å². The van der Waals surface area contributed by atoms with E-state index in [2.05, 4.69) is 5.32 Å². The molecular weight excluding hydrogens is 285 g/mol. The van der Waals surface area contributed by atoms with Crippen molar-refractivity contribution in [3.8, 4) is 0 Å². The first kappa shape index (κ1) is 16.9. The van der Waals surface area contributed by atoms with Crippen LogP contribution in [0.4, 0.5) is 4.39 Å². The van der Waals surface area contributed by atoms with Crippen molar-refractivity contribution in [2.75, 3.05) is 19.8 Å². The van der Waals surface area contributed by atoms with Crippen molar-refractivity contribution in [3.63, 3.8) is 0 Å².